The van der Waals surface area contributed by atoms with Crippen LogP contribution in [0.2, 0.25) is 0 Å². The van der Waals surface area contributed by atoms with Crippen molar-refractivity contribution in [1.82, 2.24) is 4.98 Å². The average Bonchev–Trinajstić information content (AvgIpc) is 3.05. The monoisotopic (exact) mass is 357 g/mol. The average molecular weight is 357 g/mol. The number of aromatic amines is 1. The lowest BCUT2D eigenvalue weighted by molar-refractivity contribution is -0.109. The number of hydrogen-bond donors (Lipinski definition) is 1. The molecule has 6 heteroatoms. The fraction of sp³-hybridized carbons (Fsp3) is 0.421. The summed E-state index contributed by atoms with van der Waals surface area (Å²) in [5.74, 6) is 0.553. The molecule has 2 aromatic rings. The van der Waals surface area contributed by atoms with Crippen molar-refractivity contribution < 1.29 is 14.1 Å². The van der Waals surface area contributed by atoms with Crippen molar-refractivity contribution in [3.05, 3.63) is 41.5 Å². The van der Waals surface area contributed by atoms with Gasteiger partial charge in [-0.1, -0.05) is 23.9 Å². The van der Waals surface area contributed by atoms with Gasteiger partial charge in [-0.2, -0.15) is 0 Å². The first-order chi connectivity index (χ1) is 11.7. The molecule has 0 saturated carbocycles. The third-order valence-electron chi connectivity index (χ3n) is 4.93. The second kappa shape index (κ2) is 6.67. The summed E-state index contributed by atoms with van der Waals surface area (Å²) in [6.45, 7) is 9.73. The van der Waals surface area contributed by atoms with Crippen LogP contribution in [0.5, 0.6) is 0 Å². The number of hydrogen-bond acceptors (Lipinski definition) is 4. The zero-order chi connectivity index (χ0) is 18.2. The maximum absolute atomic E-state index is 11.5. The third kappa shape index (κ3) is 3.86. The Morgan fingerprint density at radius 3 is 2.52 bits per heavy atom. The minimum absolute atomic E-state index is 0.0866. The fourth-order valence-electron chi connectivity index (χ4n) is 2.73. The van der Waals surface area contributed by atoms with Gasteiger partial charge in [0.05, 0.1) is 11.2 Å². The van der Waals surface area contributed by atoms with Gasteiger partial charge in [0.15, 0.2) is 5.12 Å². The van der Waals surface area contributed by atoms with Crippen molar-refractivity contribution in [1.29, 1.82) is 0 Å². The van der Waals surface area contributed by atoms with E-state index in [1.165, 1.54) is 11.8 Å². The number of carbonyl (C=O) groups excluding carboxylic acids is 1. The molecule has 0 aliphatic carbocycles. The SMILES string of the molecule is CC(=O)SCC(=Cc1ccc2[nH]ccc2c1)B1OC(C)(C)C(C)(C)O1. The summed E-state index contributed by atoms with van der Waals surface area (Å²) in [4.78, 5) is 14.7. The van der Waals surface area contributed by atoms with Crippen LogP contribution in [0.15, 0.2) is 35.9 Å². The van der Waals surface area contributed by atoms with Gasteiger partial charge in [-0.3, -0.25) is 4.79 Å². The van der Waals surface area contributed by atoms with E-state index < -0.39 is 18.3 Å². The van der Waals surface area contributed by atoms with Crippen LogP contribution < -0.4 is 0 Å². The van der Waals surface area contributed by atoms with E-state index in [2.05, 4.69) is 29.3 Å². The Hall–Kier alpha value is -1.50. The van der Waals surface area contributed by atoms with Gasteiger partial charge in [-0.25, -0.2) is 0 Å². The molecule has 1 aliphatic rings. The van der Waals surface area contributed by atoms with Gasteiger partial charge >= 0.3 is 7.12 Å². The molecular weight excluding hydrogens is 333 g/mol. The van der Waals surface area contributed by atoms with Crippen molar-refractivity contribution in [3.8, 4) is 0 Å². The molecule has 1 N–H and O–H groups in total. The molecule has 2 heterocycles. The van der Waals surface area contributed by atoms with Crippen LogP contribution in [-0.4, -0.2) is 34.2 Å². The molecule has 0 amide bonds. The number of benzene rings is 1. The van der Waals surface area contributed by atoms with E-state index in [-0.39, 0.29) is 5.12 Å². The van der Waals surface area contributed by atoms with Gasteiger partial charge in [0.1, 0.15) is 0 Å². The summed E-state index contributed by atoms with van der Waals surface area (Å²) >= 11 is 1.28. The van der Waals surface area contributed by atoms with Crippen molar-refractivity contribution in [2.75, 3.05) is 5.75 Å². The lowest BCUT2D eigenvalue weighted by Crippen LogP contribution is -2.41. The highest BCUT2D eigenvalue weighted by molar-refractivity contribution is 8.13. The number of fused-ring (bicyclic) bond motifs is 1. The molecular formula is C19H24BNO3S. The van der Waals surface area contributed by atoms with E-state index >= 15 is 0 Å². The van der Waals surface area contributed by atoms with Crippen LogP contribution in [0.1, 0.15) is 40.2 Å². The van der Waals surface area contributed by atoms with Gasteiger partial charge in [0.25, 0.3) is 0 Å². The number of rotatable bonds is 4. The zero-order valence-electron chi connectivity index (χ0n) is 15.4. The second-order valence-corrected chi connectivity index (χ2v) is 8.56. The van der Waals surface area contributed by atoms with Crippen LogP contribution in [0.3, 0.4) is 0 Å². The van der Waals surface area contributed by atoms with E-state index in [0.717, 1.165) is 21.9 Å². The Morgan fingerprint density at radius 1 is 1.20 bits per heavy atom. The highest BCUT2D eigenvalue weighted by atomic mass is 32.2. The Morgan fingerprint density at radius 2 is 1.88 bits per heavy atom. The number of carbonyl (C=O) groups is 1. The normalized spacial score (nSPS) is 19.6. The molecule has 1 aromatic heterocycles. The summed E-state index contributed by atoms with van der Waals surface area (Å²) in [7, 11) is -0.446. The van der Waals surface area contributed by atoms with Crippen molar-refractivity contribution in [2.45, 2.75) is 45.8 Å². The van der Waals surface area contributed by atoms with Crippen LogP contribution in [-0.2, 0) is 14.1 Å². The summed E-state index contributed by atoms with van der Waals surface area (Å²) in [5.41, 5.74) is 2.34. The summed E-state index contributed by atoms with van der Waals surface area (Å²) in [6, 6.07) is 8.28. The Labute approximate surface area is 153 Å². The second-order valence-electron chi connectivity index (χ2n) is 7.41. The first-order valence-corrected chi connectivity index (χ1v) is 9.43. The van der Waals surface area contributed by atoms with Gasteiger partial charge in [0.2, 0.25) is 0 Å². The topological polar surface area (TPSA) is 51.3 Å². The van der Waals surface area contributed by atoms with E-state index in [1.54, 1.807) is 6.92 Å². The number of aromatic nitrogens is 1. The van der Waals surface area contributed by atoms with Gasteiger partial charge < -0.3 is 14.3 Å². The molecule has 1 aromatic carbocycles. The summed E-state index contributed by atoms with van der Waals surface area (Å²) in [5, 5.41) is 1.24. The molecule has 1 saturated heterocycles. The smallest absolute Gasteiger partial charge is 0.400 e. The van der Waals surface area contributed by atoms with Crippen LogP contribution in [0.4, 0.5) is 0 Å². The fourth-order valence-corrected chi connectivity index (χ4v) is 3.32. The number of nitrogens with one attached hydrogen (secondary N) is 1. The van der Waals surface area contributed by atoms with Crippen molar-refractivity contribution >= 4 is 41.0 Å². The van der Waals surface area contributed by atoms with Crippen LogP contribution in [0, 0.1) is 0 Å². The minimum Gasteiger partial charge on any atom is -0.400 e. The quantitative estimate of drug-likeness (QED) is 0.821. The first-order valence-electron chi connectivity index (χ1n) is 8.44. The van der Waals surface area contributed by atoms with Crippen molar-refractivity contribution in [2.24, 2.45) is 0 Å². The minimum atomic E-state index is -0.446. The summed E-state index contributed by atoms with van der Waals surface area (Å²) in [6.07, 6.45) is 4.00. The standard InChI is InChI=1S/C19H24BNO3S/c1-13(22)25-12-16(20-23-18(2,3)19(4,5)24-20)11-14-6-7-17-15(10-14)8-9-21-17/h6-11,21H,12H2,1-5H3. The van der Waals surface area contributed by atoms with E-state index in [9.17, 15) is 4.79 Å². The Balaban J connectivity index is 1.92. The number of thioether (sulfide) groups is 1. The molecule has 0 bridgehead atoms. The highest BCUT2D eigenvalue weighted by Gasteiger charge is 2.52. The third-order valence-corrected chi connectivity index (χ3v) is 5.81. The molecule has 0 radical (unpaired) electrons. The molecule has 1 fully saturated rings. The molecule has 132 valence electrons. The number of H-pyrrole nitrogens is 1. The zero-order valence-corrected chi connectivity index (χ0v) is 16.2. The molecule has 4 nitrogen and oxygen atoms in total. The van der Waals surface area contributed by atoms with E-state index in [0.29, 0.717) is 5.75 Å². The molecule has 0 atom stereocenters. The van der Waals surface area contributed by atoms with Crippen molar-refractivity contribution in [3.63, 3.8) is 0 Å². The molecule has 1 aliphatic heterocycles. The summed E-state index contributed by atoms with van der Waals surface area (Å²) < 4.78 is 12.4. The predicted molar refractivity (Wildman–Crippen MR) is 105 cm³/mol. The Kier molecular flexibility index (Phi) is 4.88. The maximum atomic E-state index is 11.5. The molecule has 25 heavy (non-hydrogen) atoms. The predicted octanol–water partition coefficient (Wildman–Crippen LogP) is 4.46. The van der Waals surface area contributed by atoms with Crippen LogP contribution >= 0.6 is 11.8 Å². The Bertz CT molecular complexity index is 809. The lowest BCUT2D eigenvalue weighted by atomic mass is 9.78. The molecule has 0 unspecified atom stereocenters. The molecule has 0 spiro atoms. The van der Waals surface area contributed by atoms with E-state index in [4.69, 9.17) is 9.31 Å². The largest absolute Gasteiger partial charge is 0.491 e. The molecule has 3 rings (SSSR count). The van der Waals surface area contributed by atoms with E-state index in [1.807, 2.05) is 40.0 Å². The van der Waals surface area contributed by atoms with Crippen LogP contribution in [0.25, 0.3) is 17.0 Å². The van der Waals surface area contributed by atoms with Gasteiger partial charge in [0, 0.05) is 24.4 Å². The maximum Gasteiger partial charge on any atom is 0.491 e. The highest BCUT2D eigenvalue weighted by Crippen LogP contribution is 2.39. The first kappa shape index (κ1) is 18.3. The van der Waals surface area contributed by atoms with Gasteiger partial charge in [-0.05, 0) is 62.3 Å². The van der Waals surface area contributed by atoms with Gasteiger partial charge in [-0.15, -0.1) is 0 Å². The lowest BCUT2D eigenvalue weighted by Gasteiger charge is -2.32.